The predicted octanol–water partition coefficient (Wildman–Crippen LogP) is 3.83. The van der Waals surface area contributed by atoms with Crippen molar-refractivity contribution >= 4 is 6.09 Å². The number of hydrogen-bond acceptors (Lipinski definition) is 3. The maximum absolute atomic E-state index is 12.0. The Morgan fingerprint density at radius 2 is 1.68 bits per heavy atom. The van der Waals surface area contributed by atoms with Crippen molar-refractivity contribution in [3.63, 3.8) is 0 Å². The molecular formula is C21H23NO3. The van der Waals surface area contributed by atoms with Crippen molar-refractivity contribution in [3.8, 4) is 11.1 Å². The lowest BCUT2D eigenvalue weighted by molar-refractivity contribution is 0.131. The molecule has 0 aromatic heterocycles. The van der Waals surface area contributed by atoms with Crippen LogP contribution in [0.25, 0.3) is 11.1 Å². The van der Waals surface area contributed by atoms with E-state index in [-0.39, 0.29) is 12.0 Å². The quantitative estimate of drug-likeness (QED) is 0.788. The number of alkyl carbamates (subject to hydrolysis) is 1. The van der Waals surface area contributed by atoms with Gasteiger partial charge in [0.1, 0.15) is 6.61 Å². The molecule has 4 heteroatoms. The minimum Gasteiger partial charge on any atom is -0.449 e. The van der Waals surface area contributed by atoms with Gasteiger partial charge < -0.3 is 15.2 Å². The van der Waals surface area contributed by atoms with Crippen LogP contribution in [-0.2, 0) is 4.74 Å². The largest absolute Gasteiger partial charge is 0.449 e. The summed E-state index contributed by atoms with van der Waals surface area (Å²) in [6.45, 7) is 0.878. The Morgan fingerprint density at radius 1 is 1.08 bits per heavy atom. The summed E-state index contributed by atoms with van der Waals surface area (Å²) in [7, 11) is 0. The zero-order valence-corrected chi connectivity index (χ0v) is 14.2. The number of hydrogen-bond donors (Lipinski definition) is 2. The molecule has 2 N–H and O–H groups in total. The van der Waals surface area contributed by atoms with Gasteiger partial charge in [0.2, 0.25) is 0 Å². The standard InChI is InChI=1S/C21H23NO3/c23-20(22-13-5-10-21(24)11-12-21)25-14-19-17-8-3-1-6-15(17)16-7-2-4-9-18(16)19/h1-4,6-9,19,24H,5,10-14H2,(H,22,23). The molecular weight excluding hydrogens is 314 g/mol. The molecule has 0 radical (unpaired) electrons. The Labute approximate surface area is 147 Å². The van der Waals surface area contributed by atoms with Crippen LogP contribution in [0.3, 0.4) is 0 Å². The van der Waals surface area contributed by atoms with Crippen molar-refractivity contribution in [2.24, 2.45) is 0 Å². The van der Waals surface area contributed by atoms with E-state index in [0.29, 0.717) is 13.2 Å². The van der Waals surface area contributed by atoms with Gasteiger partial charge in [-0.15, -0.1) is 0 Å². The van der Waals surface area contributed by atoms with Crippen LogP contribution in [0, 0.1) is 0 Å². The lowest BCUT2D eigenvalue weighted by Crippen LogP contribution is -2.27. The lowest BCUT2D eigenvalue weighted by Gasteiger charge is -2.15. The molecule has 4 nitrogen and oxygen atoms in total. The van der Waals surface area contributed by atoms with Crippen LogP contribution in [0.4, 0.5) is 4.79 Å². The van der Waals surface area contributed by atoms with Gasteiger partial charge in [0, 0.05) is 12.5 Å². The number of rotatable bonds is 6. The zero-order chi connectivity index (χ0) is 17.3. The summed E-state index contributed by atoms with van der Waals surface area (Å²) in [5, 5.41) is 12.6. The molecule has 2 aromatic carbocycles. The molecule has 4 rings (SSSR count). The minimum atomic E-state index is -0.456. The average Bonchev–Trinajstić information content (AvgIpc) is 3.28. The summed E-state index contributed by atoms with van der Waals surface area (Å²) < 4.78 is 5.47. The second-order valence-electron chi connectivity index (χ2n) is 7.08. The summed E-state index contributed by atoms with van der Waals surface area (Å²) in [4.78, 5) is 12.0. The molecule has 1 fully saturated rings. The molecule has 0 aliphatic heterocycles. The molecule has 2 aliphatic carbocycles. The van der Waals surface area contributed by atoms with E-state index in [9.17, 15) is 9.90 Å². The number of aliphatic hydroxyl groups is 1. The molecule has 2 aliphatic rings. The number of fused-ring (bicyclic) bond motifs is 3. The summed E-state index contributed by atoms with van der Waals surface area (Å²) >= 11 is 0. The zero-order valence-electron chi connectivity index (χ0n) is 14.2. The average molecular weight is 337 g/mol. The first kappa shape index (κ1) is 16.2. The summed E-state index contributed by atoms with van der Waals surface area (Å²) in [6.07, 6.45) is 2.91. The number of carbonyl (C=O) groups is 1. The van der Waals surface area contributed by atoms with Crippen LogP contribution in [0.2, 0.25) is 0 Å². The van der Waals surface area contributed by atoms with E-state index in [1.54, 1.807) is 0 Å². The van der Waals surface area contributed by atoms with Crippen LogP contribution < -0.4 is 5.32 Å². The van der Waals surface area contributed by atoms with E-state index >= 15 is 0 Å². The van der Waals surface area contributed by atoms with Crippen molar-refractivity contribution in [2.75, 3.05) is 13.2 Å². The fourth-order valence-electron chi connectivity index (χ4n) is 3.65. The first-order valence-electron chi connectivity index (χ1n) is 8.98. The van der Waals surface area contributed by atoms with Gasteiger partial charge in [-0.05, 0) is 47.9 Å². The second-order valence-corrected chi connectivity index (χ2v) is 7.08. The molecule has 1 saturated carbocycles. The van der Waals surface area contributed by atoms with Crippen molar-refractivity contribution in [1.82, 2.24) is 5.32 Å². The van der Waals surface area contributed by atoms with Crippen molar-refractivity contribution in [1.29, 1.82) is 0 Å². The van der Waals surface area contributed by atoms with E-state index in [4.69, 9.17) is 4.74 Å². The molecule has 0 spiro atoms. The van der Waals surface area contributed by atoms with E-state index in [1.165, 1.54) is 22.3 Å². The number of ether oxygens (including phenoxy) is 1. The highest BCUT2D eigenvalue weighted by molar-refractivity contribution is 5.79. The molecule has 25 heavy (non-hydrogen) atoms. The van der Waals surface area contributed by atoms with Gasteiger partial charge in [-0.2, -0.15) is 0 Å². The lowest BCUT2D eigenvalue weighted by atomic mass is 9.98. The van der Waals surface area contributed by atoms with Gasteiger partial charge in [0.15, 0.2) is 0 Å². The van der Waals surface area contributed by atoms with Gasteiger partial charge in [-0.3, -0.25) is 0 Å². The Balaban J connectivity index is 1.34. The molecule has 130 valence electrons. The number of benzene rings is 2. The molecule has 2 aromatic rings. The van der Waals surface area contributed by atoms with E-state index in [0.717, 1.165) is 25.7 Å². The Morgan fingerprint density at radius 3 is 2.28 bits per heavy atom. The third-order valence-corrected chi connectivity index (χ3v) is 5.26. The number of nitrogens with one attached hydrogen (secondary N) is 1. The number of amides is 1. The highest BCUT2D eigenvalue weighted by Gasteiger charge is 2.39. The highest BCUT2D eigenvalue weighted by Crippen LogP contribution is 2.44. The van der Waals surface area contributed by atoms with Crippen LogP contribution in [0.1, 0.15) is 42.7 Å². The van der Waals surface area contributed by atoms with E-state index in [1.807, 2.05) is 24.3 Å². The number of carbonyl (C=O) groups excluding carboxylic acids is 1. The molecule has 0 bridgehead atoms. The predicted molar refractivity (Wildman–Crippen MR) is 96.5 cm³/mol. The maximum Gasteiger partial charge on any atom is 0.407 e. The molecule has 0 atom stereocenters. The SMILES string of the molecule is O=C(NCCCC1(O)CC1)OCC1c2ccccc2-c2ccccc21. The first-order chi connectivity index (χ1) is 12.2. The smallest absolute Gasteiger partial charge is 0.407 e. The third kappa shape index (κ3) is 3.40. The summed E-state index contributed by atoms with van der Waals surface area (Å²) in [5.74, 6) is 0.0883. The second kappa shape index (κ2) is 6.52. The van der Waals surface area contributed by atoms with Crippen molar-refractivity contribution in [2.45, 2.75) is 37.2 Å². The Kier molecular flexibility index (Phi) is 4.22. The van der Waals surface area contributed by atoms with Gasteiger partial charge >= 0.3 is 6.09 Å². The Bertz CT molecular complexity index is 737. The highest BCUT2D eigenvalue weighted by atomic mass is 16.5. The van der Waals surface area contributed by atoms with Crippen molar-refractivity contribution in [3.05, 3.63) is 59.7 Å². The molecule has 0 saturated heterocycles. The van der Waals surface area contributed by atoms with Gasteiger partial charge in [0.05, 0.1) is 5.60 Å². The summed E-state index contributed by atoms with van der Waals surface area (Å²) in [6, 6.07) is 16.6. The van der Waals surface area contributed by atoms with Gasteiger partial charge in [0.25, 0.3) is 0 Å². The molecule has 0 unspecified atom stereocenters. The molecule has 1 amide bonds. The Hall–Kier alpha value is -2.33. The third-order valence-electron chi connectivity index (χ3n) is 5.26. The normalized spacial score (nSPS) is 16.8. The van der Waals surface area contributed by atoms with E-state index < -0.39 is 5.60 Å². The van der Waals surface area contributed by atoms with Crippen LogP contribution >= 0.6 is 0 Å². The van der Waals surface area contributed by atoms with E-state index in [2.05, 4.69) is 29.6 Å². The van der Waals surface area contributed by atoms with Gasteiger partial charge in [-0.25, -0.2) is 4.79 Å². The minimum absolute atomic E-state index is 0.0883. The van der Waals surface area contributed by atoms with Gasteiger partial charge in [-0.1, -0.05) is 48.5 Å². The fraction of sp³-hybridized carbons (Fsp3) is 0.381. The van der Waals surface area contributed by atoms with Crippen LogP contribution in [0.15, 0.2) is 48.5 Å². The fourth-order valence-corrected chi connectivity index (χ4v) is 3.65. The summed E-state index contributed by atoms with van der Waals surface area (Å²) in [5.41, 5.74) is 4.43. The van der Waals surface area contributed by atoms with Crippen LogP contribution in [0.5, 0.6) is 0 Å². The topological polar surface area (TPSA) is 58.6 Å². The van der Waals surface area contributed by atoms with Crippen molar-refractivity contribution < 1.29 is 14.6 Å². The first-order valence-corrected chi connectivity index (χ1v) is 8.98. The maximum atomic E-state index is 12.0. The van der Waals surface area contributed by atoms with Crippen LogP contribution in [-0.4, -0.2) is 30.0 Å². The monoisotopic (exact) mass is 337 g/mol. The molecule has 0 heterocycles.